The van der Waals surface area contributed by atoms with Crippen molar-refractivity contribution in [3.05, 3.63) is 41.7 Å². The molecule has 1 aliphatic heterocycles. The summed E-state index contributed by atoms with van der Waals surface area (Å²) in [6, 6.07) is 8.64. The van der Waals surface area contributed by atoms with Gasteiger partial charge >= 0.3 is 0 Å². The lowest BCUT2D eigenvalue weighted by atomic mass is 9.92. The van der Waals surface area contributed by atoms with Crippen LogP contribution in [-0.4, -0.2) is 40.1 Å². The van der Waals surface area contributed by atoms with E-state index in [0.29, 0.717) is 30.9 Å². The Bertz CT molecular complexity index is 767. The standard InChI is InChI=1S/C19H25N5O2/c20-15-5-7-16(8-6-15)24-11-17(22-23-24)19(25)21-10-13-9-14-3-1-2-4-18(14)26-12-13/h1-4,11,13,15-16H,5-10,12,20H2,(H,21,25). The molecule has 26 heavy (non-hydrogen) atoms. The molecule has 4 rings (SSSR count). The number of aromatic nitrogens is 3. The van der Waals surface area contributed by atoms with Crippen LogP contribution >= 0.6 is 0 Å². The van der Waals surface area contributed by atoms with Gasteiger partial charge in [-0.1, -0.05) is 23.4 Å². The van der Waals surface area contributed by atoms with E-state index >= 15 is 0 Å². The normalized spacial score (nSPS) is 25.2. The van der Waals surface area contributed by atoms with Crippen molar-refractivity contribution in [3.8, 4) is 5.75 Å². The van der Waals surface area contributed by atoms with E-state index in [2.05, 4.69) is 21.7 Å². The number of amides is 1. The Kier molecular flexibility index (Phi) is 4.88. The first-order valence-corrected chi connectivity index (χ1v) is 9.35. The van der Waals surface area contributed by atoms with Crippen LogP contribution in [0.3, 0.4) is 0 Å². The molecule has 3 N–H and O–H groups in total. The van der Waals surface area contributed by atoms with Crippen LogP contribution in [0.2, 0.25) is 0 Å². The third kappa shape index (κ3) is 3.72. The van der Waals surface area contributed by atoms with Gasteiger partial charge in [0.25, 0.3) is 5.91 Å². The summed E-state index contributed by atoms with van der Waals surface area (Å²) >= 11 is 0. The van der Waals surface area contributed by atoms with Gasteiger partial charge in [0.2, 0.25) is 0 Å². The van der Waals surface area contributed by atoms with Crippen LogP contribution in [0.25, 0.3) is 0 Å². The number of rotatable bonds is 4. The summed E-state index contributed by atoms with van der Waals surface area (Å²) in [5.74, 6) is 1.04. The van der Waals surface area contributed by atoms with E-state index in [1.165, 1.54) is 5.56 Å². The SMILES string of the molecule is NC1CCC(n2cc(C(=O)NCC3COc4ccccc4C3)nn2)CC1. The number of fused-ring (bicyclic) bond motifs is 1. The van der Waals surface area contributed by atoms with Crippen molar-refractivity contribution in [1.29, 1.82) is 0 Å². The lowest BCUT2D eigenvalue weighted by molar-refractivity contribution is 0.0934. The number of carbonyl (C=O) groups is 1. The minimum Gasteiger partial charge on any atom is -0.493 e. The Labute approximate surface area is 152 Å². The van der Waals surface area contributed by atoms with E-state index in [4.69, 9.17) is 10.5 Å². The highest BCUT2D eigenvalue weighted by Gasteiger charge is 2.23. The molecule has 1 fully saturated rings. The van der Waals surface area contributed by atoms with Gasteiger partial charge in [-0.15, -0.1) is 5.10 Å². The second-order valence-electron chi connectivity index (χ2n) is 7.35. The van der Waals surface area contributed by atoms with Crippen LogP contribution in [0.4, 0.5) is 0 Å². The summed E-state index contributed by atoms with van der Waals surface area (Å²) in [6.07, 6.45) is 6.63. The molecule has 1 aromatic carbocycles. The maximum atomic E-state index is 12.4. The Morgan fingerprint density at radius 1 is 1.27 bits per heavy atom. The van der Waals surface area contributed by atoms with Crippen LogP contribution in [0.15, 0.2) is 30.5 Å². The highest BCUT2D eigenvalue weighted by Crippen LogP contribution is 2.27. The first kappa shape index (κ1) is 17.0. The topological polar surface area (TPSA) is 95.1 Å². The molecule has 0 bridgehead atoms. The van der Waals surface area contributed by atoms with Gasteiger partial charge in [0.15, 0.2) is 5.69 Å². The molecule has 0 saturated heterocycles. The van der Waals surface area contributed by atoms with E-state index in [0.717, 1.165) is 37.9 Å². The average molecular weight is 355 g/mol. The van der Waals surface area contributed by atoms with Gasteiger partial charge in [0.1, 0.15) is 5.75 Å². The van der Waals surface area contributed by atoms with E-state index in [9.17, 15) is 4.79 Å². The first-order valence-electron chi connectivity index (χ1n) is 9.35. The molecule has 1 aromatic heterocycles. The Hall–Kier alpha value is -2.41. The minimum absolute atomic E-state index is 0.178. The molecule has 2 aliphatic rings. The third-order valence-corrected chi connectivity index (χ3v) is 5.37. The van der Waals surface area contributed by atoms with Crippen molar-refractivity contribution in [2.45, 2.75) is 44.2 Å². The van der Waals surface area contributed by atoms with Gasteiger partial charge in [-0.3, -0.25) is 4.79 Å². The maximum absolute atomic E-state index is 12.4. The zero-order valence-corrected chi connectivity index (χ0v) is 14.8. The number of para-hydroxylation sites is 1. The number of nitrogens with zero attached hydrogens (tertiary/aromatic N) is 3. The number of nitrogens with one attached hydrogen (secondary N) is 1. The summed E-state index contributed by atoms with van der Waals surface area (Å²) in [5, 5.41) is 11.2. The highest BCUT2D eigenvalue weighted by molar-refractivity contribution is 5.91. The van der Waals surface area contributed by atoms with Crippen LogP contribution < -0.4 is 15.8 Å². The lowest BCUT2D eigenvalue weighted by Crippen LogP contribution is -2.35. The van der Waals surface area contributed by atoms with E-state index in [1.807, 2.05) is 22.9 Å². The molecule has 2 aromatic rings. The molecule has 1 aliphatic carbocycles. The summed E-state index contributed by atoms with van der Waals surface area (Å²) < 4.78 is 7.59. The number of hydrogen-bond acceptors (Lipinski definition) is 5. The smallest absolute Gasteiger partial charge is 0.273 e. The summed E-state index contributed by atoms with van der Waals surface area (Å²) in [6.45, 7) is 1.19. The van der Waals surface area contributed by atoms with Gasteiger partial charge < -0.3 is 15.8 Å². The molecule has 1 saturated carbocycles. The van der Waals surface area contributed by atoms with Crippen molar-refractivity contribution < 1.29 is 9.53 Å². The van der Waals surface area contributed by atoms with Crippen LogP contribution in [0.5, 0.6) is 5.75 Å². The fourth-order valence-electron chi connectivity index (χ4n) is 3.77. The molecular formula is C19H25N5O2. The number of carbonyl (C=O) groups excluding carboxylic acids is 1. The van der Waals surface area contributed by atoms with E-state index in [-0.39, 0.29) is 11.8 Å². The summed E-state index contributed by atoms with van der Waals surface area (Å²) in [7, 11) is 0. The molecule has 138 valence electrons. The molecule has 1 atom stereocenters. The van der Waals surface area contributed by atoms with Crippen molar-refractivity contribution >= 4 is 5.91 Å². The van der Waals surface area contributed by atoms with Crippen molar-refractivity contribution in [2.24, 2.45) is 11.7 Å². The Morgan fingerprint density at radius 3 is 2.92 bits per heavy atom. The van der Waals surface area contributed by atoms with Crippen molar-refractivity contribution in [3.63, 3.8) is 0 Å². The molecule has 2 heterocycles. The molecule has 7 heteroatoms. The van der Waals surface area contributed by atoms with Gasteiger partial charge in [-0.25, -0.2) is 4.68 Å². The molecule has 7 nitrogen and oxygen atoms in total. The Balaban J connectivity index is 1.30. The number of benzene rings is 1. The summed E-state index contributed by atoms with van der Waals surface area (Å²) in [5.41, 5.74) is 7.52. The molecule has 0 radical (unpaired) electrons. The fourth-order valence-corrected chi connectivity index (χ4v) is 3.77. The maximum Gasteiger partial charge on any atom is 0.273 e. The molecule has 1 amide bonds. The highest BCUT2D eigenvalue weighted by atomic mass is 16.5. The van der Waals surface area contributed by atoms with Gasteiger partial charge in [0, 0.05) is 18.5 Å². The Morgan fingerprint density at radius 2 is 2.08 bits per heavy atom. The second-order valence-corrected chi connectivity index (χ2v) is 7.35. The lowest BCUT2D eigenvalue weighted by Gasteiger charge is -2.25. The first-order chi connectivity index (χ1) is 12.7. The number of hydrogen-bond donors (Lipinski definition) is 2. The second kappa shape index (κ2) is 7.45. The number of nitrogens with two attached hydrogens (primary N) is 1. The predicted molar refractivity (Wildman–Crippen MR) is 97.0 cm³/mol. The summed E-state index contributed by atoms with van der Waals surface area (Å²) in [4.78, 5) is 12.4. The van der Waals surface area contributed by atoms with Crippen LogP contribution in [-0.2, 0) is 6.42 Å². The number of ether oxygens (including phenoxy) is 1. The van der Waals surface area contributed by atoms with Gasteiger partial charge in [0.05, 0.1) is 18.8 Å². The van der Waals surface area contributed by atoms with Crippen molar-refractivity contribution in [2.75, 3.05) is 13.2 Å². The predicted octanol–water partition coefficient (Wildman–Crippen LogP) is 1.70. The fraction of sp³-hybridized carbons (Fsp3) is 0.526. The van der Waals surface area contributed by atoms with E-state index < -0.39 is 0 Å². The molecule has 0 spiro atoms. The molecular weight excluding hydrogens is 330 g/mol. The van der Waals surface area contributed by atoms with Gasteiger partial charge in [-0.05, 0) is 43.7 Å². The van der Waals surface area contributed by atoms with Crippen LogP contribution in [0.1, 0.15) is 47.8 Å². The minimum atomic E-state index is -0.178. The molecule has 1 unspecified atom stereocenters. The zero-order valence-electron chi connectivity index (χ0n) is 14.8. The average Bonchev–Trinajstić information content (AvgIpc) is 3.17. The van der Waals surface area contributed by atoms with Crippen molar-refractivity contribution in [1.82, 2.24) is 20.3 Å². The third-order valence-electron chi connectivity index (χ3n) is 5.37. The quantitative estimate of drug-likeness (QED) is 0.870. The van der Waals surface area contributed by atoms with Crippen LogP contribution in [0, 0.1) is 5.92 Å². The van der Waals surface area contributed by atoms with Gasteiger partial charge in [-0.2, -0.15) is 0 Å². The monoisotopic (exact) mass is 355 g/mol. The zero-order chi connectivity index (χ0) is 17.9. The largest absolute Gasteiger partial charge is 0.493 e. The van der Waals surface area contributed by atoms with E-state index in [1.54, 1.807) is 6.20 Å².